The van der Waals surface area contributed by atoms with Crippen molar-refractivity contribution in [2.45, 2.75) is 38.7 Å². The third kappa shape index (κ3) is 4.62. The zero-order valence-electron chi connectivity index (χ0n) is 16.4. The molecule has 1 atom stereocenters. The lowest BCUT2D eigenvalue weighted by atomic mass is 9.85. The summed E-state index contributed by atoms with van der Waals surface area (Å²) in [4.78, 5) is 23.9. The number of hydrogen-bond acceptors (Lipinski definition) is 6. The first kappa shape index (κ1) is 22.9. The molecule has 0 aromatic heterocycles. The Morgan fingerprint density at radius 1 is 1.10 bits per heavy atom. The minimum atomic E-state index is -1.91. The molecule has 0 N–H and O–H groups in total. The van der Waals surface area contributed by atoms with E-state index in [1.807, 2.05) is 0 Å². The van der Waals surface area contributed by atoms with E-state index in [9.17, 15) is 27.2 Å². The Hall–Kier alpha value is -3.35. The fourth-order valence-corrected chi connectivity index (χ4v) is 2.72. The lowest BCUT2D eigenvalue weighted by molar-refractivity contribution is -0.136. The van der Waals surface area contributed by atoms with E-state index >= 15 is 0 Å². The maximum atomic E-state index is 14.6. The molecule has 1 unspecified atom stereocenters. The second kappa shape index (κ2) is 8.57. The fraction of sp³-hybridized carbons (Fsp3) is 0.350. The van der Waals surface area contributed by atoms with Crippen molar-refractivity contribution in [3.05, 3.63) is 57.9 Å². The Balaban J connectivity index is 2.58. The molecule has 1 aliphatic rings. The van der Waals surface area contributed by atoms with Crippen LogP contribution in [-0.2, 0) is 19.0 Å². The van der Waals surface area contributed by atoms with Crippen LogP contribution < -0.4 is 0 Å². The predicted molar refractivity (Wildman–Crippen MR) is 93.8 cm³/mol. The summed E-state index contributed by atoms with van der Waals surface area (Å²) in [5.74, 6) is -10.4. The number of rotatable bonds is 3. The summed E-state index contributed by atoms with van der Waals surface area (Å²) in [6.45, 7) is 4.73. The average Bonchev–Trinajstić information content (AvgIpc) is 2.65. The van der Waals surface area contributed by atoms with Crippen LogP contribution >= 0.6 is 0 Å². The highest BCUT2D eigenvalue weighted by atomic mass is 19.2. The molecule has 6 nitrogen and oxygen atoms in total. The van der Waals surface area contributed by atoms with Gasteiger partial charge in [-0.15, -0.1) is 0 Å². The molecule has 30 heavy (non-hydrogen) atoms. The smallest absolute Gasteiger partial charge is 0.466 e. The maximum Gasteiger partial charge on any atom is 0.514 e. The number of ether oxygens (including phenoxy) is 3. The van der Waals surface area contributed by atoms with Crippen LogP contribution in [0.5, 0.6) is 0 Å². The van der Waals surface area contributed by atoms with Crippen LogP contribution in [0.25, 0.3) is 0 Å². The predicted octanol–water partition coefficient (Wildman–Crippen LogP) is 4.54. The Morgan fingerprint density at radius 3 is 2.13 bits per heavy atom. The molecule has 160 valence electrons. The molecule has 0 spiro atoms. The lowest BCUT2D eigenvalue weighted by Crippen LogP contribution is -2.25. The van der Waals surface area contributed by atoms with Gasteiger partial charge in [-0.3, -0.25) is 0 Å². The van der Waals surface area contributed by atoms with Gasteiger partial charge >= 0.3 is 12.1 Å². The van der Waals surface area contributed by atoms with Crippen LogP contribution in [0.4, 0.5) is 22.4 Å². The van der Waals surface area contributed by atoms with E-state index in [0.29, 0.717) is 0 Å². The van der Waals surface area contributed by atoms with Gasteiger partial charge in [-0.1, -0.05) is 6.08 Å². The quantitative estimate of drug-likeness (QED) is 0.400. The summed E-state index contributed by atoms with van der Waals surface area (Å²) < 4.78 is 71.8. The molecule has 0 bridgehead atoms. The van der Waals surface area contributed by atoms with Gasteiger partial charge in [0.1, 0.15) is 23.0 Å². The molecule has 10 heteroatoms. The SMILES string of the molecule is COC(=O)C1=CCC(OC(=O)OC(C)(C)C)=CC1c1c(F)c(F)c(C#N)c(F)c1F. The molecule has 0 radical (unpaired) electrons. The molecule has 1 aliphatic carbocycles. The van der Waals surface area contributed by atoms with Crippen molar-refractivity contribution in [3.8, 4) is 6.07 Å². The molecule has 1 aromatic carbocycles. The summed E-state index contributed by atoms with van der Waals surface area (Å²) in [6, 6.07) is 1.04. The minimum absolute atomic E-state index is 0.162. The summed E-state index contributed by atoms with van der Waals surface area (Å²) >= 11 is 0. The van der Waals surface area contributed by atoms with Crippen molar-refractivity contribution >= 4 is 12.1 Å². The summed E-state index contributed by atoms with van der Waals surface area (Å²) in [7, 11) is 1.00. The number of halogens is 4. The minimum Gasteiger partial charge on any atom is -0.466 e. The maximum absolute atomic E-state index is 14.6. The Morgan fingerprint density at radius 2 is 1.67 bits per heavy atom. The number of carbonyl (C=O) groups excluding carboxylic acids is 2. The number of hydrogen-bond donors (Lipinski definition) is 0. The van der Waals surface area contributed by atoms with E-state index in [-0.39, 0.29) is 17.8 Å². The number of allylic oxidation sites excluding steroid dienone is 2. The molecule has 0 aliphatic heterocycles. The number of esters is 1. The van der Waals surface area contributed by atoms with E-state index in [4.69, 9.17) is 14.7 Å². The van der Waals surface area contributed by atoms with E-state index < -0.39 is 58.0 Å². The third-order valence-corrected chi connectivity index (χ3v) is 3.96. The van der Waals surface area contributed by atoms with Gasteiger partial charge < -0.3 is 14.2 Å². The first-order valence-electron chi connectivity index (χ1n) is 8.57. The third-order valence-electron chi connectivity index (χ3n) is 3.96. The number of benzene rings is 1. The summed E-state index contributed by atoms with van der Waals surface area (Å²) in [6.07, 6.45) is 0.802. The van der Waals surface area contributed by atoms with Gasteiger partial charge in [0.05, 0.1) is 7.11 Å². The number of carbonyl (C=O) groups is 2. The van der Waals surface area contributed by atoms with E-state index in [1.54, 1.807) is 20.8 Å². The van der Waals surface area contributed by atoms with Crippen LogP contribution in [0.2, 0.25) is 0 Å². The lowest BCUT2D eigenvalue weighted by Gasteiger charge is -2.24. The second-order valence-corrected chi connectivity index (χ2v) is 7.19. The number of methoxy groups -OCH3 is 1. The molecular weight excluding hydrogens is 410 g/mol. The monoisotopic (exact) mass is 427 g/mol. The van der Waals surface area contributed by atoms with E-state index in [1.165, 1.54) is 0 Å². The molecule has 2 rings (SSSR count). The highest BCUT2D eigenvalue weighted by Gasteiger charge is 2.35. The fourth-order valence-electron chi connectivity index (χ4n) is 2.72. The molecular formula is C20H17F4NO5. The summed E-state index contributed by atoms with van der Waals surface area (Å²) in [5, 5.41) is 8.73. The molecule has 1 aromatic rings. The largest absolute Gasteiger partial charge is 0.514 e. The van der Waals surface area contributed by atoms with Crippen molar-refractivity contribution in [1.82, 2.24) is 0 Å². The Kier molecular flexibility index (Phi) is 6.55. The van der Waals surface area contributed by atoms with Crippen molar-refractivity contribution in [1.29, 1.82) is 5.26 Å². The molecule has 0 heterocycles. The van der Waals surface area contributed by atoms with Gasteiger partial charge in [0.15, 0.2) is 23.3 Å². The van der Waals surface area contributed by atoms with Crippen molar-refractivity contribution in [2.24, 2.45) is 0 Å². The molecule has 0 amide bonds. The normalized spacial score (nSPS) is 16.2. The van der Waals surface area contributed by atoms with E-state index in [2.05, 4.69) is 4.74 Å². The van der Waals surface area contributed by atoms with Crippen molar-refractivity contribution in [2.75, 3.05) is 7.11 Å². The molecule has 0 fully saturated rings. The van der Waals surface area contributed by atoms with Crippen LogP contribution in [0.1, 0.15) is 44.2 Å². The van der Waals surface area contributed by atoms with Crippen LogP contribution in [-0.4, -0.2) is 24.8 Å². The van der Waals surface area contributed by atoms with Gasteiger partial charge in [0, 0.05) is 23.5 Å². The second-order valence-electron chi connectivity index (χ2n) is 7.19. The van der Waals surface area contributed by atoms with Gasteiger partial charge in [0.25, 0.3) is 0 Å². The zero-order valence-corrected chi connectivity index (χ0v) is 16.4. The first-order chi connectivity index (χ1) is 13.9. The highest BCUT2D eigenvalue weighted by Crippen LogP contribution is 2.38. The van der Waals surface area contributed by atoms with Gasteiger partial charge in [-0.25, -0.2) is 27.2 Å². The van der Waals surface area contributed by atoms with Gasteiger partial charge in [-0.05, 0) is 26.8 Å². The summed E-state index contributed by atoms with van der Waals surface area (Å²) in [5.41, 5.74) is -3.85. The van der Waals surface area contributed by atoms with Crippen LogP contribution in [0.15, 0.2) is 23.5 Å². The van der Waals surface area contributed by atoms with E-state index in [0.717, 1.165) is 25.3 Å². The Bertz CT molecular complexity index is 973. The number of nitriles is 1. The topological polar surface area (TPSA) is 85.6 Å². The van der Waals surface area contributed by atoms with Crippen LogP contribution in [0.3, 0.4) is 0 Å². The molecule has 0 saturated heterocycles. The zero-order chi connectivity index (χ0) is 22.8. The standard InChI is InChI=1S/C20H17F4NO5/c1-20(2,3)30-19(27)29-9-5-6-10(18(26)28-4)11(7-9)13-16(23)14(21)12(8-25)15(22)17(13)24/h6-7,11H,5H2,1-4H3. The van der Waals surface area contributed by atoms with Crippen LogP contribution in [0, 0.1) is 34.6 Å². The van der Waals surface area contributed by atoms with Crippen molar-refractivity contribution < 1.29 is 41.4 Å². The first-order valence-corrected chi connectivity index (χ1v) is 8.57. The van der Waals surface area contributed by atoms with Gasteiger partial charge in [-0.2, -0.15) is 5.26 Å². The van der Waals surface area contributed by atoms with Crippen molar-refractivity contribution in [3.63, 3.8) is 0 Å². The highest BCUT2D eigenvalue weighted by molar-refractivity contribution is 5.91. The van der Waals surface area contributed by atoms with Gasteiger partial charge in [0.2, 0.25) is 0 Å². The molecule has 0 saturated carbocycles. The number of nitrogens with zero attached hydrogens (tertiary/aromatic N) is 1. The average molecular weight is 427 g/mol. The Labute approximate surface area is 169 Å².